The van der Waals surface area contributed by atoms with E-state index in [1.54, 1.807) is 42.9 Å². The van der Waals surface area contributed by atoms with E-state index in [0.29, 0.717) is 11.5 Å². The Labute approximate surface area is 121 Å². The molecule has 0 aliphatic heterocycles. The molecule has 0 bridgehead atoms. The van der Waals surface area contributed by atoms with Crippen molar-refractivity contribution in [2.45, 2.75) is 0 Å². The van der Waals surface area contributed by atoms with E-state index in [4.69, 9.17) is 0 Å². The van der Waals surface area contributed by atoms with Gasteiger partial charge in [-0.2, -0.15) is 0 Å². The third-order valence-corrected chi connectivity index (χ3v) is 2.86. The van der Waals surface area contributed by atoms with E-state index in [9.17, 15) is 4.79 Å². The summed E-state index contributed by atoms with van der Waals surface area (Å²) in [6.45, 7) is 0. The number of hydrogen-bond acceptors (Lipinski definition) is 4. The van der Waals surface area contributed by atoms with Crippen LogP contribution in [0.3, 0.4) is 0 Å². The largest absolute Gasteiger partial charge is 0.305 e. The molecule has 0 saturated heterocycles. The van der Waals surface area contributed by atoms with Crippen molar-refractivity contribution >= 4 is 11.7 Å². The summed E-state index contributed by atoms with van der Waals surface area (Å²) in [7, 11) is 0. The minimum atomic E-state index is -0.284. The normalized spacial score (nSPS) is 10.1. The molecule has 3 aromatic rings. The molecule has 0 unspecified atom stereocenters. The van der Waals surface area contributed by atoms with Crippen molar-refractivity contribution in [2.75, 3.05) is 5.32 Å². The average molecular weight is 276 g/mol. The summed E-state index contributed by atoms with van der Waals surface area (Å²) in [5.74, 6) is 0.194. The van der Waals surface area contributed by atoms with E-state index in [1.807, 2.05) is 24.3 Å². The first kappa shape index (κ1) is 12.9. The van der Waals surface area contributed by atoms with Crippen LogP contribution in [0.1, 0.15) is 10.5 Å². The second kappa shape index (κ2) is 5.92. The molecule has 0 fully saturated rings. The van der Waals surface area contributed by atoms with Gasteiger partial charge < -0.3 is 5.32 Å². The van der Waals surface area contributed by atoms with E-state index in [2.05, 4.69) is 20.3 Å². The maximum absolute atomic E-state index is 11.9. The molecule has 0 radical (unpaired) electrons. The first-order chi connectivity index (χ1) is 10.3. The molecule has 5 nitrogen and oxygen atoms in total. The second-order valence-electron chi connectivity index (χ2n) is 4.32. The second-order valence-corrected chi connectivity index (χ2v) is 4.32. The molecule has 3 heterocycles. The van der Waals surface area contributed by atoms with Gasteiger partial charge in [0.1, 0.15) is 11.5 Å². The van der Waals surface area contributed by atoms with Gasteiger partial charge in [-0.25, -0.2) is 4.98 Å². The molecular formula is C16H12N4O. The fourth-order valence-corrected chi connectivity index (χ4v) is 1.83. The number of rotatable bonds is 3. The molecule has 0 aromatic carbocycles. The third-order valence-electron chi connectivity index (χ3n) is 2.86. The molecule has 0 saturated carbocycles. The molecule has 5 heteroatoms. The molecule has 1 amide bonds. The van der Waals surface area contributed by atoms with E-state index in [1.165, 1.54) is 0 Å². The van der Waals surface area contributed by atoms with Crippen LogP contribution in [0.15, 0.2) is 67.1 Å². The lowest BCUT2D eigenvalue weighted by molar-refractivity contribution is 0.102. The number of nitrogens with one attached hydrogen (secondary N) is 1. The fraction of sp³-hybridized carbons (Fsp3) is 0. The van der Waals surface area contributed by atoms with Gasteiger partial charge in [0.15, 0.2) is 0 Å². The standard InChI is InChI=1S/C16H12N4O/c21-16(14-6-2-4-10-18-14)20-15-8-7-12(11-19-15)13-5-1-3-9-17-13/h1-11H,(H,19,20,21). The Balaban J connectivity index is 1.75. The van der Waals surface area contributed by atoms with Crippen molar-refractivity contribution in [1.82, 2.24) is 15.0 Å². The first-order valence-electron chi connectivity index (χ1n) is 6.43. The summed E-state index contributed by atoms with van der Waals surface area (Å²) < 4.78 is 0. The van der Waals surface area contributed by atoms with Gasteiger partial charge in [0, 0.05) is 24.2 Å². The number of pyridine rings is 3. The van der Waals surface area contributed by atoms with Crippen molar-refractivity contribution in [3.8, 4) is 11.3 Å². The summed E-state index contributed by atoms with van der Waals surface area (Å²) in [5, 5.41) is 2.70. The lowest BCUT2D eigenvalue weighted by Gasteiger charge is -2.05. The highest BCUT2D eigenvalue weighted by atomic mass is 16.1. The molecule has 3 aromatic heterocycles. The van der Waals surface area contributed by atoms with E-state index < -0.39 is 0 Å². The minimum absolute atomic E-state index is 0.284. The number of aromatic nitrogens is 3. The van der Waals surface area contributed by atoms with Gasteiger partial charge in [0.2, 0.25) is 0 Å². The molecule has 102 valence electrons. The van der Waals surface area contributed by atoms with Crippen LogP contribution in [-0.2, 0) is 0 Å². The topological polar surface area (TPSA) is 67.8 Å². The Hall–Kier alpha value is -3.08. The number of anilines is 1. The van der Waals surface area contributed by atoms with E-state index in [-0.39, 0.29) is 5.91 Å². The van der Waals surface area contributed by atoms with Gasteiger partial charge in [0.05, 0.1) is 5.69 Å². The predicted octanol–water partition coefficient (Wildman–Crippen LogP) is 2.79. The summed E-state index contributed by atoms with van der Waals surface area (Å²) in [6, 6.07) is 14.5. The van der Waals surface area contributed by atoms with Gasteiger partial charge >= 0.3 is 0 Å². The first-order valence-corrected chi connectivity index (χ1v) is 6.43. The van der Waals surface area contributed by atoms with Gasteiger partial charge in [0.25, 0.3) is 5.91 Å². The Kier molecular flexibility index (Phi) is 3.64. The van der Waals surface area contributed by atoms with Gasteiger partial charge in [-0.1, -0.05) is 12.1 Å². The number of carbonyl (C=O) groups excluding carboxylic acids is 1. The lowest BCUT2D eigenvalue weighted by Crippen LogP contribution is -2.14. The number of amides is 1. The number of carbonyl (C=O) groups is 1. The summed E-state index contributed by atoms with van der Waals surface area (Å²) >= 11 is 0. The molecule has 0 aliphatic carbocycles. The fourth-order valence-electron chi connectivity index (χ4n) is 1.83. The van der Waals surface area contributed by atoms with Crippen molar-refractivity contribution < 1.29 is 4.79 Å². The molecule has 0 atom stereocenters. The highest BCUT2D eigenvalue weighted by molar-refractivity contribution is 6.02. The van der Waals surface area contributed by atoms with Crippen LogP contribution >= 0.6 is 0 Å². The summed E-state index contributed by atoms with van der Waals surface area (Å²) in [4.78, 5) is 24.4. The highest BCUT2D eigenvalue weighted by Crippen LogP contribution is 2.16. The number of nitrogens with zero attached hydrogens (tertiary/aromatic N) is 3. The predicted molar refractivity (Wildman–Crippen MR) is 79.7 cm³/mol. The zero-order valence-electron chi connectivity index (χ0n) is 11.1. The Morgan fingerprint density at radius 1 is 0.857 bits per heavy atom. The van der Waals surface area contributed by atoms with Crippen molar-refractivity contribution in [3.63, 3.8) is 0 Å². The summed E-state index contributed by atoms with van der Waals surface area (Å²) in [5.41, 5.74) is 2.09. The van der Waals surface area contributed by atoms with Crippen molar-refractivity contribution in [3.05, 3.63) is 72.8 Å². The highest BCUT2D eigenvalue weighted by Gasteiger charge is 2.07. The molecule has 1 N–H and O–H groups in total. The number of hydrogen-bond donors (Lipinski definition) is 1. The maximum Gasteiger partial charge on any atom is 0.275 e. The van der Waals surface area contributed by atoms with Crippen LogP contribution in [0.25, 0.3) is 11.3 Å². The quantitative estimate of drug-likeness (QED) is 0.798. The zero-order valence-corrected chi connectivity index (χ0v) is 11.1. The van der Waals surface area contributed by atoms with Crippen LogP contribution in [0.2, 0.25) is 0 Å². The average Bonchev–Trinajstić information content (AvgIpc) is 2.57. The van der Waals surface area contributed by atoms with Gasteiger partial charge in [-0.3, -0.25) is 14.8 Å². The molecule has 21 heavy (non-hydrogen) atoms. The monoisotopic (exact) mass is 276 g/mol. The van der Waals surface area contributed by atoms with Gasteiger partial charge in [-0.15, -0.1) is 0 Å². The Bertz CT molecular complexity index is 727. The lowest BCUT2D eigenvalue weighted by atomic mass is 10.2. The zero-order chi connectivity index (χ0) is 14.5. The van der Waals surface area contributed by atoms with Gasteiger partial charge in [-0.05, 0) is 36.4 Å². The van der Waals surface area contributed by atoms with Crippen LogP contribution in [0, 0.1) is 0 Å². The minimum Gasteiger partial charge on any atom is -0.305 e. The van der Waals surface area contributed by atoms with Crippen molar-refractivity contribution in [2.24, 2.45) is 0 Å². The SMILES string of the molecule is O=C(Nc1ccc(-c2ccccn2)cn1)c1ccccn1. The third kappa shape index (κ3) is 3.09. The Morgan fingerprint density at radius 2 is 1.67 bits per heavy atom. The van der Waals surface area contributed by atoms with Crippen LogP contribution in [0.5, 0.6) is 0 Å². The molecule has 0 aliphatic rings. The van der Waals surface area contributed by atoms with E-state index in [0.717, 1.165) is 11.3 Å². The van der Waals surface area contributed by atoms with Crippen LogP contribution < -0.4 is 5.32 Å². The van der Waals surface area contributed by atoms with Crippen LogP contribution in [0.4, 0.5) is 5.82 Å². The molecule has 0 spiro atoms. The smallest absolute Gasteiger partial charge is 0.275 e. The van der Waals surface area contributed by atoms with E-state index >= 15 is 0 Å². The summed E-state index contributed by atoms with van der Waals surface area (Å²) in [6.07, 6.45) is 4.98. The van der Waals surface area contributed by atoms with Crippen molar-refractivity contribution in [1.29, 1.82) is 0 Å². The molecular weight excluding hydrogens is 264 g/mol. The maximum atomic E-state index is 11.9. The molecule has 3 rings (SSSR count). The Morgan fingerprint density at radius 3 is 2.29 bits per heavy atom. The van der Waals surface area contributed by atoms with Crippen LogP contribution in [-0.4, -0.2) is 20.9 Å².